The molecule has 1 rings (SSSR count). The summed E-state index contributed by atoms with van der Waals surface area (Å²) in [6.45, 7) is 11.2. The quantitative estimate of drug-likeness (QED) is 0.429. The molecule has 0 aliphatic heterocycles. The number of aliphatic hydroxyl groups excluding tert-OH is 1. The molecule has 0 fully saturated rings. The van der Waals surface area contributed by atoms with Crippen molar-refractivity contribution in [3.8, 4) is 0 Å². The van der Waals surface area contributed by atoms with Gasteiger partial charge in [0.15, 0.2) is 6.04 Å². The Balaban J connectivity index is 2.93. The van der Waals surface area contributed by atoms with Gasteiger partial charge in [0.2, 0.25) is 0 Å². The van der Waals surface area contributed by atoms with Crippen LogP contribution in [0.1, 0.15) is 47.1 Å². The Labute approximate surface area is 197 Å². The highest BCUT2D eigenvalue weighted by Crippen LogP contribution is 2.21. The van der Waals surface area contributed by atoms with Crippen LogP contribution >= 0.6 is 0 Å². The third-order valence-corrected chi connectivity index (χ3v) is 4.74. The number of rotatable bonds is 13. The fourth-order valence-corrected chi connectivity index (χ4v) is 3.28. The summed E-state index contributed by atoms with van der Waals surface area (Å²) in [6.07, 6.45) is -1.37. The summed E-state index contributed by atoms with van der Waals surface area (Å²) in [4.78, 5) is 25.0. The van der Waals surface area contributed by atoms with Crippen molar-refractivity contribution in [1.82, 2.24) is 5.32 Å². The first-order valence-corrected chi connectivity index (χ1v) is 11.4. The van der Waals surface area contributed by atoms with Crippen LogP contribution in [0.3, 0.4) is 0 Å². The lowest BCUT2D eigenvalue weighted by molar-refractivity contribution is -0.165. The van der Waals surface area contributed by atoms with Crippen molar-refractivity contribution in [1.29, 1.82) is 0 Å². The second-order valence-corrected chi connectivity index (χ2v) is 9.62. The van der Waals surface area contributed by atoms with E-state index in [1.54, 1.807) is 27.7 Å². The Bertz CT molecular complexity index is 702. The van der Waals surface area contributed by atoms with Gasteiger partial charge in [-0.3, -0.25) is 0 Å². The van der Waals surface area contributed by atoms with Gasteiger partial charge < -0.3 is 29.4 Å². The van der Waals surface area contributed by atoms with E-state index in [2.05, 4.69) is 5.32 Å². The average molecular weight is 468 g/mol. The lowest BCUT2D eigenvalue weighted by atomic mass is 9.91. The molecule has 2 N–H and O–H groups in total. The number of aliphatic hydroxyl groups is 1. The largest absolute Gasteiger partial charge is 0.458 e. The van der Waals surface area contributed by atoms with E-state index >= 15 is 0 Å². The number of hydrogen-bond donors (Lipinski definition) is 2. The van der Waals surface area contributed by atoms with Gasteiger partial charge in [-0.25, -0.2) is 9.59 Å². The van der Waals surface area contributed by atoms with E-state index in [-0.39, 0.29) is 25.0 Å². The number of amides is 1. The summed E-state index contributed by atoms with van der Waals surface area (Å²) < 4.78 is 22.1. The predicted octanol–water partition coefficient (Wildman–Crippen LogP) is 3.35. The standard InChI is InChI=1S/C25H41NO7/c1-17(2)15-31-22(20(14-27)13-19-11-9-8-10-12-19)18(3)32-23(28)21(16-30-7)26-24(29)33-25(4,5)6/h8-12,17-18,20-22,27H,13-16H2,1-7H3,(H,26,29). The minimum atomic E-state index is -1.04. The Morgan fingerprint density at radius 1 is 1.06 bits per heavy atom. The maximum absolute atomic E-state index is 12.9. The highest BCUT2D eigenvalue weighted by molar-refractivity contribution is 5.81. The molecular formula is C25H41NO7. The lowest BCUT2D eigenvalue weighted by Gasteiger charge is -2.32. The molecule has 1 amide bonds. The minimum Gasteiger partial charge on any atom is -0.458 e. The molecule has 0 aliphatic rings. The van der Waals surface area contributed by atoms with Gasteiger partial charge in [-0.1, -0.05) is 44.2 Å². The zero-order valence-electron chi connectivity index (χ0n) is 21.0. The summed E-state index contributed by atoms with van der Waals surface area (Å²) in [5, 5.41) is 12.6. The van der Waals surface area contributed by atoms with Crippen LogP contribution in [0.15, 0.2) is 30.3 Å². The molecular weight excluding hydrogens is 426 g/mol. The number of alkyl carbamates (subject to hydrolysis) is 1. The number of carbonyl (C=O) groups is 2. The minimum absolute atomic E-state index is 0.0737. The molecule has 8 nitrogen and oxygen atoms in total. The van der Waals surface area contributed by atoms with Gasteiger partial charge in [-0.15, -0.1) is 0 Å². The highest BCUT2D eigenvalue weighted by Gasteiger charge is 2.33. The smallest absolute Gasteiger partial charge is 0.408 e. The molecule has 4 atom stereocenters. The van der Waals surface area contributed by atoms with Crippen LogP contribution in [0.4, 0.5) is 4.79 Å². The molecule has 0 heterocycles. The number of esters is 1. The molecule has 4 unspecified atom stereocenters. The van der Waals surface area contributed by atoms with E-state index in [4.69, 9.17) is 18.9 Å². The molecule has 0 aromatic heterocycles. The Morgan fingerprint density at radius 3 is 2.21 bits per heavy atom. The Kier molecular flexibility index (Phi) is 12.4. The van der Waals surface area contributed by atoms with Crippen molar-refractivity contribution in [2.45, 2.75) is 71.8 Å². The maximum Gasteiger partial charge on any atom is 0.408 e. The van der Waals surface area contributed by atoms with E-state index in [9.17, 15) is 14.7 Å². The molecule has 8 heteroatoms. The molecule has 0 bridgehead atoms. The third-order valence-electron chi connectivity index (χ3n) is 4.74. The van der Waals surface area contributed by atoms with Gasteiger partial charge in [0.1, 0.15) is 11.7 Å². The summed E-state index contributed by atoms with van der Waals surface area (Å²) >= 11 is 0. The number of benzene rings is 1. The van der Waals surface area contributed by atoms with Crippen molar-refractivity contribution < 1.29 is 33.6 Å². The van der Waals surface area contributed by atoms with Crippen LogP contribution < -0.4 is 5.32 Å². The fourth-order valence-electron chi connectivity index (χ4n) is 3.28. The van der Waals surface area contributed by atoms with Crippen LogP contribution in [-0.2, 0) is 30.2 Å². The van der Waals surface area contributed by atoms with E-state index in [0.29, 0.717) is 13.0 Å². The monoisotopic (exact) mass is 467 g/mol. The van der Waals surface area contributed by atoms with E-state index in [1.165, 1.54) is 7.11 Å². The van der Waals surface area contributed by atoms with Crippen LogP contribution in [0.25, 0.3) is 0 Å². The fraction of sp³-hybridized carbons (Fsp3) is 0.680. The zero-order chi connectivity index (χ0) is 25.0. The van der Waals surface area contributed by atoms with Gasteiger partial charge >= 0.3 is 12.1 Å². The van der Waals surface area contributed by atoms with Crippen LogP contribution in [-0.4, -0.2) is 68.0 Å². The Morgan fingerprint density at radius 2 is 1.70 bits per heavy atom. The normalized spacial score (nSPS) is 15.4. The number of nitrogens with one attached hydrogen (secondary N) is 1. The predicted molar refractivity (Wildman–Crippen MR) is 126 cm³/mol. The Hall–Kier alpha value is -2.16. The molecule has 0 radical (unpaired) electrons. The topological polar surface area (TPSA) is 103 Å². The van der Waals surface area contributed by atoms with E-state index in [0.717, 1.165) is 5.56 Å². The number of carbonyl (C=O) groups excluding carboxylic acids is 2. The van der Waals surface area contributed by atoms with Gasteiger partial charge in [0, 0.05) is 26.2 Å². The summed E-state index contributed by atoms with van der Waals surface area (Å²) in [5.41, 5.74) is 0.345. The number of methoxy groups -OCH3 is 1. The molecule has 188 valence electrons. The van der Waals surface area contributed by atoms with Gasteiger partial charge in [-0.05, 0) is 45.6 Å². The van der Waals surface area contributed by atoms with Crippen molar-refractivity contribution in [2.75, 3.05) is 26.9 Å². The summed E-state index contributed by atoms with van der Waals surface area (Å²) in [7, 11) is 1.43. The first-order chi connectivity index (χ1) is 15.5. The number of hydrogen-bond acceptors (Lipinski definition) is 7. The van der Waals surface area contributed by atoms with Gasteiger partial charge in [0.05, 0.1) is 12.7 Å². The summed E-state index contributed by atoms with van der Waals surface area (Å²) in [5.74, 6) is -0.681. The average Bonchev–Trinajstić information content (AvgIpc) is 2.71. The second-order valence-electron chi connectivity index (χ2n) is 9.62. The van der Waals surface area contributed by atoms with Gasteiger partial charge in [0.25, 0.3) is 0 Å². The van der Waals surface area contributed by atoms with E-state index in [1.807, 2.05) is 44.2 Å². The maximum atomic E-state index is 12.9. The van der Waals surface area contributed by atoms with Crippen LogP contribution in [0.5, 0.6) is 0 Å². The number of ether oxygens (including phenoxy) is 4. The van der Waals surface area contributed by atoms with Crippen molar-refractivity contribution in [2.24, 2.45) is 11.8 Å². The molecule has 0 aliphatic carbocycles. The molecule has 33 heavy (non-hydrogen) atoms. The SMILES string of the molecule is COCC(NC(=O)OC(C)(C)C)C(=O)OC(C)C(OCC(C)C)C(CO)Cc1ccccc1. The van der Waals surface area contributed by atoms with Crippen molar-refractivity contribution in [3.05, 3.63) is 35.9 Å². The third kappa shape index (κ3) is 11.5. The van der Waals surface area contributed by atoms with Crippen molar-refractivity contribution >= 4 is 12.1 Å². The first-order valence-electron chi connectivity index (χ1n) is 11.4. The highest BCUT2D eigenvalue weighted by atomic mass is 16.6. The summed E-state index contributed by atoms with van der Waals surface area (Å²) in [6, 6.07) is 8.74. The van der Waals surface area contributed by atoms with Crippen molar-refractivity contribution in [3.63, 3.8) is 0 Å². The van der Waals surface area contributed by atoms with Crippen LogP contribution in [0.2, 0.25) is 0 Å². The van der Waals surface area contributed by atoms with E-state index < -0.39 is 35.9 Å². The molecule has 0 saturated heterocycles. The van der Waals surface area contributed by atoms with Gasteiger partial charge in [-0.2, -0.15) is 0 Å². The molecule has 0 spiro atoms. The zero-order valence-corrected chi connectivity index (χ0v) is 21.0. The van der Waals surface area contributed by atoms with Crippen LogP contribution in [0, 0.1) is 11.8 Å². The molecule has 1 aromatic carbocycles. The second kappa shape index (κ2) is 14.2. The molecule has 0 saturated carbocycles. The lowest BCUT2D eigenvalue weighted by Crippen LogP contribution is -2.49. The molecule has 1 aromatic rings. The first kappa shape index (κ1) is 28.9.